The van der Waals surface area contributed by atoms with Crippen LogP contribution >= 0.6 is 11.3 Å². The molecule has 0 N–H and O–H groups in total. The summed E-state index contributed by atoms with van der Waals surface area (Å²) in [7, 11) is 0. The normalized spacial score (nSPS) is 12.1. The van der Waals surface area contributed by atoms with Gasteiger partial charge in [-0.2, -0.15) is 4.98 Å². The molecule has 0 spiro atoms. The summed E-state index contributed by atoms with van der Waals surface area (Å²) < 4.78 is 10.5. The molecule has 0 saturated carbocycles. The third-order valence-electron chi connectivity index (χ3n) is 3.01. The van der Waals surface area contributed by atoms with Crippen LogP contribution in [0.15, 0.2) is 34.4 Å². The Labute approximate surface area is 136 Å². The zero-order chi connectivity index (χ0) is 16.2. The molecule has 0 amide bonds. The average molecular weight is 330 g/mol. The highest BCUT2D eigenvalue weighted by atomic mass is 32.1. The van der Waals surface area contributed by atoms with Crippen molar-refractivity contribution < 1.29 is 14.1 Å². The topological polar surface area (TPSA) is 91.0 Å². The predicted octanol–water partition coefficient (Wildman–Crippen LogP) is 2.74. The Kier molecular flexibility index (Phi) is 4.42. The molecule has 0 radical (unpaired) electrons. The summed E-state index contributed by atoms with van der Waals surface area (Å²) in [6.45, 7) is 3.57. The lowest BCUT2D eigenvalue weighted by atomic mass is 10.3. The smallest absolute Gasteiger partial charge is 0.312 e. The van der Waals surface area contributed by atoms with Crippen molar-refractivity contribution in [2.24, 2.45) is 0 Å². The highest BCUT2D eigenvalue weighted by Crippen LogP contribution is 2.20. The first-order valence-electron chi connectivity index (χ1n) is 6.96. The number of thiazole rings is 1. The second-order valence-electron chi connectivity index (χ2n) is 4.86. The average Bonchev–Trinajstić information content (AvgIpc) is 3.17. The Morgan fingerprint density at radius 2 is 2.30 bits per heavy atom. The van der Waals surface area contributed by atoms with Gasteiger partial charge >= 0.3 is 5.97 Å². The third kappa shape index (κ3) is 3.78. The van der Waals surface area contributed by atoms with Gasteiger partial charge in [-0.25, -0.2) is 4.98 Å². The molecule has 3 aromatic heterocycles. The second kappa shape index (κ2) is 6.66. The van der Waals surface area contributed by atoms with Crippen molar-refractivity contribution in [3.8, 4) is 11.4 Å². The summed E-state index contributed by atoms with van der Waals surface area (Å²) in [5.74, 6) is 0.265. The van der Waals surface area contributed by atoms with Crippen molar-refractivity contribution >= 4 is 17.3 Å². The number of aryl methyl sites for hydroxylation is 1. The number of hydrogen-bond acceptors (Lipinski definition) is 8. The van der Waals surface area contributed by atoms with Crippen LogP contribution in [0.5, 0.6) is 0 Å². The lowest BCUT2D eigenvalue weighted by Crippen LogP contribution is -2.12. The molecule has 1 atom stereocenters. The first-order chi connectivity index (χ1) is 11.1. The molecule has 3 rings (SSSR count). The monoisotopic (exact) mass is 330 g/mol. The van der Waals surface area contributed by atoms with E-state index in [1.165, 1.54) is 11.3 Å². The number of rotatable bonds is 5. The summed E-state index contributed by atoms with van der Waals surface area (Å²) in [5.41, 5.74) is 1.44. The van der Waals surface area contributed by atoms with Crippen LogP contribution in [0.25, 0.3) is 11.4 Å². The Morgan fingerprint density at radius 1 is 1.43 bits per heavy atom. The fourth-order valence-electron chi connectivity index (χ4n) is 1.94. The summed E-state index contributed by atoms with van der Waals surface area (Å²) in [4.78, 5) is 24.4. The number of hydrogen-bond donors (Lipinski definition) is 0. The number of carbonyl (C=O) groups excluding carboxylic acids is 1. The molecule has 118 valence electrons. The first kappa shape index (κ1) is 15.3. The molecule has 0 aliphatic carbocycles. The van der Waals surface area contributed by atoms with E-state index in [-0.39, 0.29) is 18.3 Å². The lowest BCUT2D eigenvalue weighted by Gasteiger charge is -2.07. The van der Waals surface area contributed by atoms with Crippen LogP contribution in [0.1, 0.15) is 29.6 Å². The predicted molar refractivity (Wildman–Crippen MR) is 82.6 cm³/mol. The van der Waals surface area contributed by atoms with Gasteiger partial charge in [0.1, 0.15) is 0 Å². The van der Waals surface area contributed by atoms with E-state index in [0.717, 1.165) is 10.6 Å². The Hall–Kier alpha value is -2.61. The molecule has 3 aromatic rings. The van der Waals surface area contributed by atoms with Crippen LogP contribution < -0.4 is 0 Å². The quantitative estimate of drug-likeness (QED) is 0.664. The zero-order valence-corrected chi connectivity index (χ0v) is 13.4. The van der Waals surface area contributed by atoms with Crippen molar-refractivity contribution in [2.45, 2.75) is 26.4 Å². The van der Waals surface area contributed by atoms with Crippen molar-refractivity contribution in [1.29, 1.82) is 0 Å². The molecular weight excluding hydrogens is 316 g/mol. The summed E-state index contributed by atoms with van der Waals surface area (Å²) in [6, 6.07) is 3.60. The molecular formula is C15H14N4O3S. The number of esters is 1. The van der Waals surface area contributed by atoms with Gasteiger partial charge in [0.05, 0.1) is 17.1 Å². The maximum atomic E-state index is 11.9. The molecule has 3 heterocycles. The standard InChI is InChI=1S/C15H14N4O3S/c1-9(21-13(20)6-12-8-23-10(2)17-12)15-18-14(19-22-15)11-4-3-5-16-7-11/h3-5,7-9H,6H2,1-2H3. The highest BCUT2D eigenvalue weighted by Gasteiger charge is 2.20. The Morgan fingerprint density at radius 3 is 3.00 bits per heavy atom. The van der Waals surface area contributed by atoms with E-state index in [0.29, 0.717) is 11.5 Å². The van der Waals surface area contributed by atoms with Gasteiger partial charge in [0, 0.05) is 23.3 Å². The molecule has 0 fully saturated rings. The van der Waals surface area contributed by atoms with E-state index in [2.05, 4.69) is 20.1 Å². The van der Waals surface area contributed by atoms with Crippen LogP contribution in [-0.4, -0.2) is 26.1 Å². The van der Waals surface area contributed by atoms with E-state index in [1.54, 1.807) is 25.4 Å². The number of nitrogens with zero attached hydrogens (tertiary/aromatic N) is 4. The van der Waals surface area contributed by atoms with Crippen molar-refractivity contribution in [2.75, 3.05) is 0 Å². The van der Waals surface area contributed by atoms with Gasteiger partial charge in [-0.05, 0) is 26.0 Å². The third-order valence-corrected chi connectivity index (χ3v) is 3.83. The summed E-state index contributed by atoms with van der Waals surface area (Å²) >= 11 is 1.50. The van der Waals surface area contributed by atoms with Gasteiger partial charge in [0.15, 0.2) is 6.10 Å². The van der Waals surface area contributed by atoms with Gasteiger partial charge in [0.2, 0.25) is 5.82 Å². The maximum absolute atomic E-state index is 11.9. The van der Waals surface area contributed by atoms with E-state index >= 15 is 0 Å². The van der Waals surface area contributed by atoms with Crippen LogP contribution in [0, 0.1) is 6.92 Å². The minimum Gasteiger partial charge on any atom is -0.452 e. The molecule has 0 aromatic carbocycles. The van der Waals surface area contributed by atoms with Gasteiger partial charge in [0.25, 0.3) is 5.89 Å². The van der Waals surface area contributed by atoms with E-state index in [9.17, 15) is 4.79 Å². The van der Waals surface area contributed by atoms with Gasteiger partial charge in [-0.3, -0.25) is 9.78 Å². The second-order valence-corrected chi connectivity index (χ2v) is 5.93. The molecule has 7 nitrogen and oxygen atoms in total. The minimum atomic E-state index is -0.625. The van der Waals surface area contributed by atoms with Crippen LogP contribution in [-0.2, 0) is 16.0 Å². The van der Waals surface area contributed by atoms with E-state index < -0.39 is 6.10 Å². The molecule has 0 saturated heterocycles. The number of carbonyl (C=O) groups is 1. The number of pyridine rings is 1. The van der Waals surface area contributed by atoms with Gasteiger partial charge in [-0.15, -0.1) is 11.3 Å². The fraction of sp³-hybridized carbons (Fsp3) is 0.267. The molecule has 1 unspecified atom stereocenters. The van der Waals surface area contributed by atoms with Crippen molar-refractivity contribution in [3.63, 3.8) is 0 Å². The molecule has 0 aliphatic rings. The largest absolute Gasteiger partial charge is 0.452 e. The van der Waals surface area contributed by atoms with Crippen LogP contribution in [0.3, 0.4) is 0 Å². The van der Waals surface area contributed by atoms with E-state index in [4.69, 9.17) is 9.26 Å². The fourth-order valence-corrected chi connectivity index (χ4v) is 2.55. The van der Waals surface area contributed by atoms with Gasteiger partial charge < -0.3 is 9.26 Å². The van der Waals surface area contributed by atoms with E-state index in [1.807, 2.05) is 18.4 Å². The molecule has 0 bridgehead atoms. The Balaban J connectivity index is 1.63. The molecule has 8 heteroatoms. The zero-order valence-electron chi connectivity index (χ0n) is 12.6. The van der Waals surface area contributed by atoms with Gasteiger partial charge in [-0.1, -0.05) is 5.16 Å². The summed E-state index contributed by atoms with van der Waals surface area (Å²) in [6.07, 6.45) is 2.80. The molecule has 23 heavy (non-hydrogen) atoms. The summed E-state index contributed by atoms with van der Waals surface area (Å²) in [5, 5.41) is 6.63. The first-order valence-corrected chi connectivity index (χ1v) is 7.84. The SMILES string of the molecule is Cc1nc(CC(=O)OC(C)c2nc(-c3cccnc3)no2)cs1. The maximum Gasteiger partial charge on any atom is 0.312 e. The number of aromatic nitrogens is 4. The van der Waals surface area contributed by atoms with Crippen LogP contribution in [0.2, 0.25) is 0 Å². The highest BCUT2D eigenvalue weighted by molar-refractivity contribution is 7.09. The molecule has 0 aliphatic heterocycles. The van der Waals surface area contributed by atoms with Crippen molar-refractivity contribution in [1.82, 2.24) is 20.1 Å². The lowest BCUT2D eigenvalue weighted by molar-refractivity contribution is -0.149. The Bertz CT molecular complexity index is 800. The van der Waals surface area contributed by atoms with Crippen LogP contribution in [0.4, 0.5) is 0 Å². The number of ether oxygens (including phenoxy) is 1. The minimum absolute atomic E-state index is 0.123. The van der Waals surface area contributed by atoms with Crippen molar-refractivity contribution in [3.05, 3.63) is 46.5 Å².